The first-order valence-corrected chi connectivity index (χ1v) is 4.44. The van der Waals surface area contributed by atoms with Crippen molar-refractivity contribution in [2.75, 3.05) is 0 Å². The number of nitrogens with zero attached hydrogens (tertiary/aromatic N) is 2. The Balaban J connectivity index is 2.50. The van der Waals surface area contributed by atoms with Crippen LogP contribution in [-0.4, -0.2) is 20.9 Å². The first kappa shape index (κ1) is 8.56. The van der Waals surface area contributed by atoms with Crippen LogP contribution in [0, 0.1) is 0 Å². The zero-order chi connectivity index (χ0) is 9.59. The molecule has 0 spiro atoms. The fourth-order valence-electron chi connectivity index (χ4n) is 1.45. The third kappa shape index (κ3) is 1.31. The van der Waals surface area contributed by atoms with Gasteiger partial charge in [0.15, 0.2) is 5.69 Å². The molecule has 0 amide bonds. The van der Waals surface area contributed by atoms with Crippen LogP contribution in [0.3, 0.4) is 0 Å². The van der Waals surface area contributed by atoms with Gasteiger partial charge in [-0.1, -0.05) is 11.6 Å². The first-order valence-electron chi connectivity index (χ1n) is 4.07. The van der Waals surface area contributed by atoms with Crippen molar-refractivity contribution in [3.8, 4) is 0 Å². The van der Waals surface area contributed by atoms with Gasteiger partial charge in [-0.15, -0.1) is 0 Å². The van der Waals surface area contributed by atoms with Crippen molar-refractivity contribution in [3.63, 3.8) is 0 Å². The Kier molecular flexibility index (Phi) is 1.80. The van der Waals surface area contributed by atoms with Crippen LogP contribution in [0.2, 0.25) is 5.02 Å². The van der Waals surface area contributed by atoms with Crippen molar-refractivity contribution in [2.45, 2.75) is 18.8 Å². The molecule has 0 bridgehead atoms. The summed E-state index contributed by atoms with van der Waals surface area (Å²) in [6.45, 7) is 0. The maximum Gasteiger partial charge on any atom is 0.357 e. The highest BCUT2D eigenvalue weighted by molar-refractivity contribution is 6.34. The van der Waals surface area contributed by atoms with Gasteiger partial charge in [0, 0.05) is 13.0 Å². The highest BCUT2D eigenvalue weighted by atomic mass is 35.5. The molecule has 1 aliphatic carbocycles. The minimum atomic E-state index is -1.06. The number of hydrogen-bond donors (Lipinski definition) is 1. The summed E-state index contributed by atoms with van der Waals surface area (Å²) in [5.41, 5.74) is 0.824. The van der Waals surface area contributed by atoms with Crippen LogP contribution in [0.25, 0.3) is 0 Å². The van der Waals surface area contributed by atoms with Crippen LogP contribution in [-0.2, 0) is 7.05 Å². The summed E-state index contributed by atoms with van der Waals surface area (Å²) >= 11 is 5.90. The predicted molar refractivity (Wildman–Crippen MR) is 47.2 cm³/mol. The highest BCUT2D eigenvalue weighted by Crippen LogP contribution is 2.43. The average molecular weight is 201 g/mol. The number of rotatable bonds is 2. The van der Waals surface area contributed by atoms with E-state index in [0.29, 0.717) is 10.9 Å². The van der Waals surface area contributed by atoms with Crippen molar-refractivity contribution in [3.05, 3.63) is 16.4 Å². The fourth-order valence-corrected chi connectivity index (χ4v) is 1.84. The number of carbonyl (C=O) groups is 1. The predicted octanol–water partition coefficient (Wildman–Crippen LogP) is 1.65. The number of hydrogen-bond acceptors (Lipinski definition) is 2. The minimum absolute atomic E-state index is 0.0360. The molecule has 1 aromatic heterocycles. The SMILES string of the molecule is Cn1nc(C(=O)O)c(Cl)c1C1CC1. The highest BCUT2D eigenvalue weighted by Gasteiger charge is 2.32. The summed E-state index contributed by atoms with van der Waals surface area (Å²) < 4.78 is 1.57. The number of aromatic nitrogens is 2. The van der Waals surface area contributed by atoms with E-state index in [-0.39, 0.29) is 5.69 Å². The summed E-state index contributed by atoms with van der Waals surface area (Å²) in [6.07, 6.45) is 2.16. The lowest BCUT2D eigenvalue weighted by Crippen LogP contribution is -1.99. The Hall–Kier alpha value is -1.03. The van der Waals surface area contributed by atoms with E-state index in [9.17, 15) is 4.79 Å². The van der Waals surface area contributed by atoms with E-state index in [1.165, 1.54) is 0 Å². The smallest absolute Gasteiger partial charge is 0.357 e. The molecule has 1 aliphatic rings. The molecule has 1 aromatic rings. The Morgan fingerprint density at radius 2 is 2.31 bits per heavy atom. The van der Waals surface area contributed by atoms with Gasteiger partial charge in [0.05, 0.1) is 10.7 Å². The van der Waals surface area contributed by atoms with E-state index in [0.717, 1.165) is 18.5 Å². The Morgan fingerprint density at radius 3 is 2.69 bits per heavy atom. The van der Waals surface area contributed by atoms with Crippen molar-refractivity contribution >= 4 is 17.6 Å². The van der Waals surface area contributed by atoms with Crippen LogP contribution < -0.4 is 0 Å². The molecular weight excluding hydrogens is 192 g/mol. The van der Waals surface area contributed by atoms with Crippen LogP contribution >= 0.6 is 11.6 Å². The lowest BCUT2D eigenvalue weighted by atomic mass is 10.2. The number of carboxylic acid groups (broad SMARTS) is 1. The third-order valence-electron chi connectivity index (χ3n) is 2.20. The molecule has 2 rings (SSSR count). The van der Waals surface area contributed by atoms with Gasteiger partial charge >= 0.3 is 5.97 Å². The van der Waals surface area contributed by atoms with E-state index >= 15 is 0 Å². The lowest BCUT2D eigenvalue weighted by molar-refractivity contribution is 0.0690. The quantitative estimate of drug-likeness (QED) is 0.790. The molecule has 13 heavy (non-hydrogen) atoms. The van der Waals surface area contributed by atoms with Gasteiger partial charge in [-0.3, -0.25) is 4.68 Å². The molecule has 1 heterocycles. The molecule has 1 saturated carbocycles. The van der Waals surface area contributed by atoms with Crippen molar-refractivity contribution < 1.29 is 9.90 Å². The maximum absolute atomic E-state index is 10.7. The molecule has 0 atom stereocenters. The molecule has 5 heteroatoms. The van der Waals surface area contributed by atoms with Crippen LogP contribution in [0.1, 0.15) is 34.9 Å². The summed E-state index contributed by atoms with van der Waals surface area (Å²) in [7, 11) is 1.73. The largest absolute Gasteiger partial charge is 0.476 e. The summed E-state index contributed by atoms with van der Waals surface area (Å²) in [4.78, 5) is 10.7. The van der Waals surface area contributed by atoms with E-state index in [1.54, 1.807) is 11.7 Å². The number of halogens is 1. The zero-order valence-electron chi connectivity index (χ0n) is 7.12. The summed E-state index contributed by atoms with van der Waals surface area (Å²) in [5.74, 6) is -0.648. The molecule has 1 fully saturated rings. The topological polar surface area (TPSA) is 55.1 Å². The van der Waals surface area contributed by atoms with Gasteiger partial charge in [0.25, 0.3) is 0 Å². The second kappa shape index (κ2) is 2.73. The van der Waals surface area contributed by atoms with Gasteiger partial charge in [0.1, 0.15) is 0 Å². The second-order valence-corrected chi connectivity index (χ2v) is 3.63. The molecule has 0 aromatic carbocycles. The zero-order valence-corrected chi connectivity index (χ0v) is 7.88. The molecule has 4 nitrogen and oxygen atoms in total. The molecule has 0 aliphatic heterocycles. The Bertz CT molecular complexity index is 368. The van der Waals surface area contributed by atoms with Crippen LogP contribution in [0.5, 0.6) is 0 Å². The van der Waals surface area contributed by atoms with Gasteiger partial charge in [0.2, 0.25) is 0 Å². The maximum atomic E-state index is 10.7. The molecule has 0 unspecified atom stereocenters. The number of aryl methyl sites for hydroxylation is 1. The van der Waals surface area contributed by atoms with Gasteiger partial charge in [-0.05, 0) is 12.8 Å². The molecule has 0 radical (unpaired) electrons. The van der Waals surface area contributed by atoms with Crippen molar-refractivity contribution in [2.24, 2.45) is 7.05 Å². The van der Waals surface area contributed by atoms with Crippen LogP contribution in [0.15, 0.2) is 0 Å². The van der Waals surface area contributed by atoms with Gasteiger partial charge in [-0.2, -0.15) is 5.10 Å². The van der Waals surface area contributed by atoms with E-state index in [4.69, 9.17) is 16.7 Å². The number of carboxylic acids is 1. The normalized spacial score (nSPS) is 16.2. The number of aromatic carboxylic acids is 1. The fraction of sp³-hybridized carbons (Fsp3) is 0.500. The van der Waals surface area contributed by atoms with Crippen molar-refractivity contribution in [1.82, 2.24) is 9.78 Å². The van der Waals surface area contributed by atoms with E-state index in [1.807, 2.05) is 0 Å². The molecular formula is C8H9ClN2O2. The molecule has 70 valence electrons. The standard InChI is InChI=1S/C8H9ClN2O2/c1-11-7(4-2-3-4)5(9)6(10-11)8(12)13/h4H,2-3H2,1H3,(H,12,13). The molecule has 0 saturated heterocycles. The second-order valence-electron chi connectivity index (χ2n) is 3.25. The van der Waals surface area contributed by atoms with Crippen LogP contribution in [0.4, 0.5) is 0 Å². The molecule has 1 N–H and O–H groups in total. The monoisotopic (exact) mass is 200 g/mol. The Morgan fingerprint density at radius 1 is 1.69 bits per heavy atom. The van der Waals surface area contributed by atoms with E-state index < -0.39 is 5.97 Å². The first-order chi connectivity index (χ1) is 6.11. The average Bonchev–Trinajstić information content (AvgIpc) is 2.80. The van der Waals surface area contributed by atoms with Crippen molar-refractivity contribution in [1.29, 1.82) is 0 Å². The summed E-state index contributed by atoms with van der Waals surface area (Å²) in [5, 5.41) is 12.9. The summed E-state index contributed by atoms with van der Waals surface area (Å²) in [6, 6.07) is 0. The third-order valence-corrected chi connectivity index (χ3v) is 2.57. The lowest BCUT2D eigenvalue weighted by Gasteiger charge is -1.97. The minimum Gasteiger partial charge on any atom is -0.476 e. The van der Waals surface area contributed by atoms with E-state index in [2.05, 4.69) is 5.10 Å². The van der Waals surface area contributed by atoms with Gasteiger partial charge in [-0.25, -0.2) is 4.79 Å². The van der Waals surface area contributed by atoms with Gasteiger partial charge < -0.3 is 5.11 Å². The Labute approximate surface area is 80.1 Å².